The number of rotatable bonds is 2. The lowest BCUT2D eigenvalue weighted by atomic mass is 9.74. The summed E-state index contributed by atoms with van der Waals surface area (Å²) in [6, 6.07) is 0. The van der Waals surface area contributed by atoms with Gasteiger partial charge in [0.25, 0.3) is 0 Å². The van der Waals surface area contributed by atoms with Crippen LogP contribution in [0, 0.1) is 29.6 Å². The molecule has 0 heterocycles. The molecule has 5 unspecified atom stereocenters. The molecule has 76 valence electrons. The van der Waals surface area contributed by atoms with E-state index in [1.807, 2.05) is 0 Å². The highest BCUT2D eigenvalue weighted by molar-refractivity contribution is 5.67. The number of carboxylic acids is 1. The fraction of sp³-hybridized carbons (Fsp3) is 0.750. The van der Waals surface area contributed by atoms with Crippen LogP contribution in [0.2, 0.25) is 0 Å². The molecule has 5 atom stereocenters. The van der Waals surface area contributed by atoms with E-state index in [-0.39, 0.29) is 0 Å². The molecule has 3 rings (SSSR count). The minimum absolute atomic E-state index is 0.407. The van der Waals surface area contributed by atoms with Crippen molar-refractivity contribution in [3.8, 4) is 0 Å². The number of hydrogen-bond donors (Lipinski definition) is 1. The molecule has 0 aromatic heterocycles. The quantitative estimate of drug-likeness (QED) is 0.682. The summed E-state index contributed by atoms with van der Waals surface area (Å²) in [4.78, 5) is 10.7. The summed E-state index contributed by atoms with van der Waals surface area (Å²) < 4.78 is 0. The van der Waals surface area contributed by atoms with Crippen LogP contribution in [0.5, 0.6) is 0 Å². The largest absolute Gasteiger partial charge is 0.481 e. The van der Waals surface area contributed by atoms with Crippen LogP contribution in [0.15, 0.2) is 12.2 Å². The first-order valence-corrected chi connectivity index (χ1v) is 5.64. The molecular formula is C12H16O2. The molecule has 0 saturated heterocycles. The number of aliphatic carboxylic acids is 1. The normalized spacial score (nSPS) is 48.4. The lowest BCUT2D eigenvalue weighted by Gasteiger charge is -2.30. The van der Waals surface area contributed by atoms with E-state index < -0.39 is 5.97 Å². The summed E-state index contributed by atoms with van der Waals surface area (Å²) in [7, 11) is 0. The molecule has 3 aliphatic carbocycles. The molecule has 0 amide bonds. The van der Waals surface area contributed by atoms with E-state index in [2.05, 4.69) is 12.2 Å². The molecule has 2 saturated carbocycles. The molecule has 0 radical (unpaired) electrons. The van der Waals surface area contributed by atoms with E-state index in [4.69, 9.17) is 5.11 Å². The summed E-state index contributed by atoms with van der Waals surface area (Å²) >= 11 is 0. The summed E-state index contributed by atoms with van der Waals surface area (Å²) in [6.45, 7) is 0. The molecule has 2 nitrogen and oxygen atoms in total. The van der Waals surface area contributed by atoms with Gasteiger partial charge in [-0.15, -0.1) is 0 Å². The Labute approximate surface area is 84.0 Å². The molecule has 2 fully saturated rings. The number of allylic oxidation sites excluding steroid dienone is 2. The first-order chi connectivity index (χ1) is 6.75. The number of hydrogen-bond acceptors (Lipinski definition) is 1. The van der Waals surface area contributed by atoms with E-state index in [0.29, 0.717) is 12.3 Å². The molecular weight excluding hydrogens is 176 g/mol. The zero-order chi connectivity index (χ0) is 9.71. The van der Waals surface area contributed by atoms with E-state index in [1.54, 1.807) is 0 Å². The first kappa shape index (κ1) is 8.51. The zero-order valence-corrected chi connectivity index (χ0v) is 8.23. The van der Waals surface area contributed by atoms with Crippen LogP contribution in [0.4, 0.5) is 0 Å². The summed E-state index contributed by atoms with van der Waals surface area (Å²) in [5.74, 6) is 3.02. The van der Waals surface area contributed by atoms with Crippen molar-refractivity contribution >= 4 is 5.97 Å². The smallest absolute Gasteiger partial charge is 0.303 e. The molecule has 0 aromatic rings. The predicted octanol–water partition coefficient (Wildman–Crippen LogP) is 2.31. The summed E-state index contributed by atoms with van der Waals surface area (Å²) in [6.07, 6.45) is 8.77. The van der Waals surface area contributed by atoms with Crippen molar-refractivity contribution in [3.63, 3.8) is 0 Å². The highest BCUT2D eigenvalue weighted by atomic mass is 16.4. The third-order valence-electron chi connectivity index (χ3n) is 4.58. The Balaban J connectivity index is 1.75. The van der Waals surface area contributed by atoms with Gasteiger partial charge in [-0.25, -0.2) is 0 Å². The maximum absolute atomic E-state index is 10.7. The fourth-order valence-corrected chi connectivity index (χ4v) is 4.16. The van der Waals surface area contributed by atoms with Crippen LogP contribution in [-0.4, -0.2) is 11.1 Å². The van der Waals surface area contributed by atoms with Crippen LogP contribution in [0.1, 0.15) is 25.7 Å². The lowest BCUT2D eigenvalue weighted by Crippen LogP contribution is -2.26. The second-order valence-corrected chi connectivity index (χ2v) is 5.16. The minimum atomic E-state index is -0.606. The van der Waals surface area contributed by atoms with Gasteiger partial charge in [0, 0.05) is 6.42 Å². The average Bonchev–Trinajstić information content (AvgIpc) is 2.68. The maximum atomic E-state index is 10.7. The van der Waals surface area contributed by atoms with E-state index >= 15 is 0 Å². The molecule has 1 N–H and O–H groups in total. The van der Waals surface area contributed by atoms with Gasteiger partial charge >= 0.3 is 5.97 Å². The van der Waals surface area contributed by atoms with Gasteiger partial charge < -0.3 is 5.11 Å². The third kappa shape index (κ3) is 1.06. The highest BCUT2D eigenvalue weighted by Gasteiger charge is 2.52. The zero-order valence-electron chi connectivity index (χ0n) is 8.23. The SMILES string of the molecule is O=C(O)CC1CC2CC1C1CC=CC21. The second kappa shape index (κ2) is 2.85. The van der Waals surface area contributed by atoms with Crippen molar-refractivity contribution < 1.29 is 9.90 Å². The van der Waals surface area contributed by atoms with E-state index in [1.165, 1.54) is 19.3 Å². The number of carbonyl (C=O) groups is 1. The minimum Gasteiger partial charge on any atom is -0.481 e. The van der Waals surface area contributed by atoms with Crippen molar-refractivity contribution in [2.75, 3.05) is 0 Å². The van der Waals surface area contributed by atoms with Gasteiger partial charge in [0.05, 0.1) is 0 Å². The standard InChI is InChI=1S/C12H16O2/c13-12(14)6-8-4-7-5-11(8)10-3-1-2-9(7)10/h1-2,7-11H,3-6H2,(H,13,14). The Morgan fingerprint density at radius 2 is 2.21 bits per heavy atom. The predicted molar refractivity (Wildman–Crippen MR) is 52.7 cm³/mol. The van der Waals surface area contributed by atoms with Crippen LogP contribution in [0.25, 0.3) is 0 Å². The van der Waals surface area contributed by atoms with Gasteiger partial charge in [-0.1, -0.05) is 12.2 Å². The summed E-state index contributed by atoms with van der Waals surface area (Å²) in [5, 5.41) is 8.83. The number of fused-ring (bicyclic) bond motifs is 5. The molecule has 0 spiro atoms. The first-order valence-electron chi connectivity index (χ1n) is 5.64. The molecule has 3 aliphatic rings. The monoisotopic (exact) mass is 192 g/mol. The van der Waals surface area contributed by atoms with Gasteiger partial charge in [0.2, 0.25) is 0 Å². The van der Waals surface area contributed by atoms with Gasteiger partial charge in [-0.2, -0.15) is 0 Å². The fourth-order valence-electron chi connectivity index (χ4n) is 4.16. The average molecular weight is 192 g/mol. The van der Waals surface area contributed by atoms with Crippen LogP contribution in [0.3, 0.4) is 0 Å². The van der Waals surface area contributed by atoms with Crippen molar-refractivity contribution in [2.45, 2.75) is 25.7 Å². The van der Waals surface area contributed by atoms with Gasteiger partial charge in [-0.05, 0) is 48.9 Å². The second-order valence-electron chi connectivity index (χ2n) is 5.16. The van der Waals surface area contributed by atoms with Crippen LogP contribution < -0.4 is 0 Å². The molecule has 0 aliphatic heterocycles. The van der Waals surface area contributed by atoms with Gasteiger partial charge in [0.1, 0.15) is 0 Å². The van der Waals surface area contributed by atoms with Crippen molar-refractivity contribution in [3.05, 3.63) is 12.2 Å². The molecule has 14 heavy (non-hydrogen) atoms. The van der Waals surface area contributed by atoms with Gasteiger partial charge in [0.15, 0.2) is 0 Å². The van der Waals surface area contributed by atoms with E-state index in [0.717, 1.165) is 23.7 Å². The highest BCUT2D eigenvalue weighted by Crippen LogP contribution is 2.59. The van der Waals surface area contributed by atoms with Crippen LogP contribution in [-0.2, 0) is 4.79 Å². The third-order valence-corrected chi connectivity index (χ3v) is 4.58. The Kier molecular flexibility index (Phi) is 1.73. The molecule has 2 bridgehead atoms. The van der Waals surface area contributed by atoms with Gasteiger partial charge in [-0.3, -0.25) is 4.79 Å². The van der Waals surface area contributed by atoms with Crippen molar-refractivity contribution in [2.24, 2.45) is 29.6 Å². The summed E-state index contributed by atoms with van der Waals surface area (Å²) in [5.41, 5.74) is 0. The Morgan fingerprint density at radius 3 is 3.00 bits per heavy atom. The number of carboxylic acid groups (broad SMARTS) is 1. The Bertz CT molecular complexity index is 295. The van der Waals surface area contributed by atoms with Crippen molar-refractivity contribution in [1.29, 1.82) is 0 Å². The Hall–Kier alpha value is -0.790. The Morgan fingerprint density at radius 1 is 1.36 bits per heavy atom. The topological polar surface area (TPSA) is 37.3 Å². The maximum Gasteiger partial charge on any atom is 0.303 e. The van der Waals surface area contributed by atoms with E-state index in [9.17, 15) is 4.79 Å². The van der Waals surface area contributed by atoms with Crippen LogP contribution >= 0.6 is 0 Å². The lowest BCUT2D eigenvalue weighted by molar-refractivity contribution is -0.138. The van der Waals surface area contributed by atoms with Crippen molar-refractivity contribution in [1.82, 2.24) is 0 Å². The molecule has 0 aromatic carbocycles. The molecule has 2 heteroatoms.